The maximum Gasteiger partial charge on any atom is 0.322 e. The molecule has 2 amide bonds. The van der Waals surface area contributed by atoms with Crippen LogP contribution in [0.1, 0.15) is 31.2 Å². The number of nitrogens with zero attached hydrogens (tertiary/aromatic N) is 3. The number of fused-ring (bicyclic) bond motifs is 1. The minimum atomic E-state index is -0.429. The van der Waals surface area contributed by atoms with Crippen molar-refractivity contribution in [3.8, 4) is 0 Å². The molecule has 152 valence electrons. The molecule has 3 heterocycles. The van der Waals surface area contributed by atoms with Gasteiger partial charge in [0.2, 0.25) is 17.7 Å². The van der Waals surface area contributed by atoms with E-state index in [0.717, 1.165) is 22.9 Å². The lowest BCUT2D eigenvalue weighted by molar-refractivity contribution is -0.128. The smallest absolute Gasteiger partial charge is 0.322 e. The molecule has 1 aromatic carbocycles. The highest BCUT2D eigenvalue weighted by Crippen LogP contribution is 2.24. The number of aromatic nitrogens is 3. The Kier molecular flexibility index (Phi) is 5.53. The molecule has 0 spiro atoms. The van der Waals surface area contributed by atoms with E-state index in [2.05, 4.69) is 20.5 Å². The van der Waals surface area contributed by atoms with Crippen molar-refractivity contribution in [2.24, 2.45) is 5.92 Å². The van der Waals surface area contributed by atoms with Crippen LogP contribution in [0.2, 0.25) is 5.02 Å². The van der Waals surface area contributed by atoms with E-state index < -0.39 is 5.92 Å². The van der Waals surface area contributed by atoms with Crippen molar-refractivity contribution in [3.63, 3.8) is 0 Å². The standard InChI is InChI=1S/C20H22ClN5O3/c1-2-3-17-24-25-20(29-17)23-19(28)13-8-18(27)26(11-13)7-6-12-10-22-16-5-4-14(21)9-15(12)16/h4-5,9-10,13,22H,2-3,6-8,11H2,1H3,(H,23,25,28). The summed E-state index contributed by atoms with van der Waals surface area (Å²) in [6.45, 7) is 2.93. The molecule has 0 radical (unpaired) electrons. The molecule has 2 N–H and O–H groups in total. The molecule has 2 aromatic heterocycles. The van der Waals surface area contributed by atoms with Crippen LogP contribution in [0, 0.1) is 5.92 Å². The summed E-state index contributed by atoms with van der Waals surface area (Å²) in [5.41, 5.74) is 2.11. The van der Waals surface area contributed by atoms with Gasteiger partial charge < -0.3 is 14.3 Å². The first-order valence-corrected chi connectivity index (χ1v) is 10.1. The maximum absolute atomic E-state index is 12.5. The van der Waals surface area contributed by atoms with Gasteiger partial charge in [-0.15, -0.1) is 5.10 Å². The first kappa shape index (κ1) is 19.4. The third-order valence-corrected chi connectivity index (χ3v) is 5.36. The van der Waals surface area contributed by atoms with Gasteiger partial charge in [-0.25, -0.2) is 0 Å². The quantitative estimate of drug-likeness (QED) is 0.616. The normalized spacial score (nSPS) is 16.7. The van der Waals surface area contributed by atoms with Gasteiger partial charge in [0.05, 0.1) is 5.92 Å². The van der Waals surface area contributed by atoms with E-state index in [9.17, 15) is 9.59 Å². The Labute approximate surface area is 172 Å². The Morgan fingerprint density at radius 2 is 2.24 bits per heavy atom. The number of carbonyl (C=O) groups is 2. The second-order valence-electron chi connectivity index (χ2n) is 7.23. The molecule has 1 aliphatic heterocycles. The molecule has 9 heteroatoms. The molecule has 0 saturated carbocycles. The molecular weight excluding hydrogens is 394 g/mol. The third kappa shape index (κ3) is 4.27. The SMILES string of the molecule is CCCc1nnc(NC(=O)C2CC(=O)N(CCc3c[nH]c4ccc(Cl)cc34)C2)o1. The number of amides is 2. The van der Waals surface area contributed by atoms with Crippen molar-refractivity contribution >= 4 is 40.3 Å². The van der Waals surface area contributed by atoms with Gasteiger partial charge >= 0.3 is 6.01 Å². The average Bonchev–Trinajstić information content (AvgIpc) is 3.39. The minimum absolute atomic E-state index is 0.0276. The lowest BCUT2D eigenvalue weighted by atomic mass is 10.1. The summed E-state index contributed by atoms with van der Waals surface area (Å²) in [6, 6.07) is 5.78. The van der Waals surface area contributed by atoms with Crippen LogP contribution in [-0.2, 0) is 22.4 Å². The Bertz CT molecular complexity index is 1040. The fourth-order valence-corrected chi connectivity index (χ4v) is 3.78. The number of carbonyl (C=O) groups excluding carboxylic acids is 2. The number of aryl methyl sites for hydroxylation is 1. The summed E-state index contributed by atoms with van der Waals surface area (Å²) in [7, 11) is 0. The van der Waals surface area contributed by atoms with Crippen LogP contribution in [-0.4, -0.2) is 45.0 Å². The summed E-state index contributed by atoms with van der Waals surface area (Å²) < 4.78 is 5.39. The van der Waals surface area contributed by atoms with Crippen LogP contribution >= 0.6 is 11.6 Å². The van der Waals surface area contributed by atoms with Crippen LogP contribution in [0.25, 0.3) is 10.9 Å². The maximum atomic E-state index is 12.5. The van der Waals surface area contributed by atoms with Crippen molar-refractivity contribution in [2.45, 2.75) is 32.6 Å². The molecule has 0 aliphatic carbocycles. The highest BCUT2D eigenvalue weighted by atomic mass is 35.5. The van der Waals surface area contributed by atoms with Gasteiger partial charge in [0, 0.05) is 48.1 Å². The number of benzene rings is 1. The monoisotopic (exact) mass is 415 g/mol. The summed E-state index contributed by atoms with van der Waals surface area (Å²) in [4.78, 5) is 29.8. The van der Waals surface area contributed by atoms with E-state index in [1.807, 2.05) is 31.3 Å². The van der Waals surface area contributed by atoms with E-state index in [1.54, 1.807) is 4.90 Å². The highest BCUT2D eigenvalue weighted by Gasteiger charge is 2.34. The van der Waals surface area contributed by atoms with Gasteiger partial charge in [0.1, 0.15) is 0 Å². The second-order valence-corrected chi connectivity index (χ2v) is 7.67. The number of H-pyrrole nitrogens is 1. The molecule has 0 bridgehead atoms. The largest absolute Gasteiger partial charge is 0.408 e. The van der Waals surface area contributed by atoms with Gasteiger partial charge in [-0.05, 0) is 36.6 Å². The topological polar surface area (TPSA) is 104 Å². The van der Waals surface area contributed by atoms with E-state index in [0.29, 0.717) is 36.8 Å². The third-order valence-electron chi connectivity index (χ3n) is 5.13. The van der Waals surface area contributed by atoms with Crippen LogP contribution in [0.4, 0.5) is 6.01 Å². The lowest BCUT2D eigenvalue weighted by Gasteiger charge is -2.16. The van der Waals surface area contributed by atoms with Gasteiger partial charge in [-0.1, -0.05) is 23.6 Å². The van der Waals surface area contributed by atoms with E-state index in [4.69, 9.17) is 16.0 Å². The summed E-state index contributed by atoms with van der Waals surface area (Å²) >= 11 is 6.10. The number of rotatable bonds is 7. The number of anilines is 1. The van der Waals surface area contributed by atoms with Crippen molar-refractivity contribution in [3.05, 3.63) is 40.9 Å². The first-order chi connectivity index (χ1) is 14.0. The molecule has 1 unspecified atom stereocenters. The van der Waals surface area contributed by atoms with E-state index in [-0.39, 0.29) is 24.2 Å². The van der Waals surface area contributed by atoms with Crippen LogP contribution in [0.15, 0.2) is 28.8 Å². The van der Waals surface area contributed by atoms with Crippen LogP contribution < -0.4 is 5.32 Å². The zero-order valence-corrected chi connectivity index (χ0v) is 16.8. The van der Waals surface area contributed by atoms with Crippen molar-refractivity contribution < 1.29 is 14.0 Å². The minimum Gasteiger partial charge on any atom is -0.408 e. The lowest BCUT2D eigenvalue weighted by Crippen LogP contribution is -2.30. The number of likely N-dealkylation sites (tertiary alicyclic amines) is 1. The zero-order chi connectivity index (χ0) is 20.4. The van der Waals surface area contributed by atoms with Gasteiger partial charge in [0.15, 0.2) is 0 Å². The van der Waals surface area contributed by atoms with E-state index in [1.165, 1.54) is 0 Å². The molecule has 1 atom stereocenters. The number of nitrogens with one attached hydrogen (secondary N) is 2. The molecule has 8 nitrogen and oxygen atoms in total. The predicted molar refractivity (Wildman–Crippen MR) is 109 cm³/mol. The summed E-state index contributed by atoms with van der Waals surface area (Å²) in [6.07, 6.45) is 4.35. The molecule has 1 saturated heterocycles. The van der Waals surface area contributed by atoms with Crippen LogP contribution in [0.5, 0.6) is 0 Å². The Morgan fingerprint density at radius 1 is 1.38 bits per heavy atom. The van der Waals surface area contributed by atoms with Gasteiger partial charge in [-0.3, -0.25) is 14.9 Å². The molecule has 3 aromatic rings. The van der Waals surface area contributed by atoms with Gasteiger partial charge in [0.25, 0.3) is 0 Å². The second kappa shape index (κ2) is 8.24. The van der Waals surface area contributed by atoms with Crippen LogP contribution in [0.3, 0.4) is 0 Å². The number of halogens is 1. The fourth-order valence-electron chi connectivity index (χ4n) is 3.60. The number of hydrogen-bond acceptors (Lipinski definition) is 5. The molecular formula is C20H22ClN5O3. The van der Waals surface area contributed by atoms with Crippen molar-refractivity contribution in [1.29, 1.82) is 0 Å². The fraction of sp³-hybridized carbons (Fsp3) is 0.400. The van der Waals surface area contributed by atoms with Crippen molar-refractivity contribution in [2.75, 3.05) is 18.4 Å². The van der Waals surface area contributed by atoms with Gasteiger partial charge in [-0.2, -0.15) is 0 Å². The Hall–Kier alpha value is -2.87. The Balaban J connectivity index is 1.34. The summed E-state index contributed by atoms with van der Waals surface area (Å²) in [5.74, 6) is -0.237. The highest BCUT2D eigenvalue weighted by molar-refractivity contribution is 6.31. The first-order valence-electron chi connectivity index (χ1n) is 9.70. The van der Waals surface area contributed by atoms with E-state index >= 15 is 0 Å². The summed E-state index contributed by atoms with van der Waals surface area (Å²) in [5, 5.41) is 12.1. The predicted octanol–water partition coefficient (Wildman–Crippen LogP) is 3.19. The Morgan fingerprint density at radius 3 is 3.07 bits per heavy atom. The molecule has 29 heavy (non-hydrogen) atoms. The average molecular weight is 416 g/mol. The molecule has 1 fully saturated rings. The number of hydrogen-bond donors (Lipinski definition) is 2. The molecule has 4 rings (SSSR count). The molecule has 1 aliphatic rings. The zero-order valence-electron chi connectivity index (χ0n) is 16.1. The number of aromatic amines is 1. The van der Waals surface area contributed by atoms with Crippen molar-refractivity contribution in [1.82, 2.24) is 20.1 Å².